The molecule has 0 aliphatic heterocycles. The first-order valence-corrected chi connectivity index (χ1v) is 6.77. The Hall–Kier alpha value is -0.570. The van der Waals surface area contributed by atoms with Crippen LogP contribution >= 0.6 is 0 Å². The molecule has 0 aromatic carbocycles. The van der Waals surface area contributed by atoms with Crippen molar-refractivity contribution in [2.45, 2.75) is 64.0 Å². The van der Waals surface area contributed by atoms with E-state index in [9.17, 15) is 4.79 Å². The molecule has 2 saturated carbocycles. The molecule has 1 amide bonds. The van der Waals surface area contributed by atoms with Crippen molar-refractivity contribution in [1.82, 2.24) is 4.90 Å². The standard InChI is InChI=1S/C13H24N2O/c1-2-3-8-15(11-6-7-11)13(16)9-12(14)10-4-5-10/h10-12H,2-9,14H2,1H3. The van der Waals surface area contributed by atoms with Gasteiger partial charge in [0.15, 0.2) is 0 Å². The molecule has 92 valence electrons. The van der Waals surface area contributed by atoms with Crippen LogP contribution in [0.1, 0.15) is 51.9 Å². The molecule has 0 bridgehead atoms. The lowest BCUT2D eigenvalue weighted by Crippen LogP contribution is -2.38. The third-order valence-electron chi connectivity index (χ3n) is 3.70. The Morgan fingerprint density at radius 3 is 2.56 bits per heavy atom. The molecular formula is C13H24N2O. The molecule has 0 saturated heterocycles. The second kappa shape index (κ2) is 5.17. The monoisotopic (exact) mass is 224 g/mol. The normalized spacial score (nSPS) is 21.9. The van der Waals surface area contributed by atoms with E-state index in [1.807, 2.05) is 0 Å². The van der Waals surface area contributed by atoms with Crippen LogP contribution in [0.3, 0.4) is 0 Å². The van der Waals surface area contributed by atoms with Crippen LogP contribution < -0.4 is 5.73 Å². The average molecular weight is 224 g/mol. The van der Waals surface area contributed by atoms with Gasteiger partial charge in [0.25, 0.3) is 0 Å². The van der Waals surface area contributed by atoms with E-state index in [0.717, 1.165) is 19.4 Å². The van der Waals surface area contributed by atoms with Crippen molar-refractivity contribution in [3.63, 3.8) is 0 Å². The summed E-state index contributed by atoms with van der Waals surface area (Å²) in [5.74, 6) is 0.937. The lowest BCUT2D eigenvalue weighted by atomic mass is 10.1. The minimum absolute atomic E-state index is 0.121. The first-order valence-electron chi connectivity index (χ1n) is 6.77. The number of hydrogen-bond acceptors (Lipinski definition) is 2. The molecule has 2 aliphatic rings. The van der Waals surface area contributed by atoms with Gasteiger partial charge in [0.05, 0.1) is 0 Å². The molecule has 0 aromatic heterocycles. The predicted octanol–water partition coefficient (Wildman–Crippen LogP) is 1.90. The molecule has 1 unspecified atom stereocenters. The van der Waals surface area contributed by atoms with Gasteiger partial charge in [-0.3, -0.25) is 4.79 Å². The van der Waals surface area contributed by atoms with Crippen molar-refractivity contribution >= 4 is 5.91 Å². The summed E-state index contributed by atoms with van der Waals surface area (Å²) in [7, 11) is 0. The molecule has 0 radical (unpaired) electrons. The van der Waals surface area contributed by atoms with Crippen LogP contribution in [0, 0.1) is 5.92 Å². The van der Waals surface area contributed by atoms with Gasteiger partial charge in [-0.05, 0) is 38.0 Å². The van der Waals surface area contributed by atoms with Crippen LogP contribution in [0.25, 0.3) is 0 Å². The van der Waals surface area contributed by atoms with Crippen molar-refractivity contribution in [2.75, 3.05) is 6.54 Å². The van der Waals surface area contributed by atoms with Crippen molar-refractivity contribution in [1.29, 1.82) is 0 Å². The number of unbranched alkanes of at least 4 members (excludes halogenated alkanes) is 1. The second-order valence-electron chi connectivity index (χ2n) is 5.38. The number of carbonyl (C=O) groups is 1. The van der Waals surface area contributed by atoms with Crippen LogP contribution in [0.2, 0.25) is 0 Å². The summed E-state index contributed by atoms with van der Waals surface area (Å²) < 4.78 is 0. The number of carbonyl (C=O) groups excluding carboxylic acids is 1. The first-order chi connectivity index (χ1) is 7.72. The zero-order valence-electron chi connectivity index (χ0n) is 10.3. The lowest BCUT2D eigenvalue weighted by molar-refractivity contribution is -0.132. The highest BCUT2D eigenvalue weighted by Gasteiger charge is 2.35. The van der Waals surface area contributed by atoms with Crippen molar-refractivity contribution in [3.8, 4) is 0 Å². The number of nitrogens with zero attached hydrogens (tertiary/aromatic N) is 1. The van der Waals surface area contributed by atoms with Gasteiger partial charge in [-0.25, -0.2) is 0 Å². The van der Waals surface area contributed by atoms with E-state index >= 15 is 0 Å². The quantitative estimate of drug-likeness (QED) is 0.718. The largest absolute Gasteiger partial charge is 0.340 e. The van der Waals surface area contributed by atoms with Gasteiger partial charge in [0.1, 0.15) is 0 Å². The van der Waals surface area contributed by atoms with Gasteiger partial charge in [-0.2, -0.15) is 0 Å². The maximum Gasteiger partial charge on any atom is 0.224 e. The third kappa shape index (κ3) is 3.21. The smallest absolute Gasteiger partial charge is 0.224 e. The molecule has 16 heavy (non-hydrogen) atoms. The molecule has 1 atom stereocenters. The molecule has 3 nitrogen and oxygen atoms in total. The zero-order valence-corrected chi connectivity index (χ0v) is 10.3. The highest BCUT2D eigenvalue weighted by molar-refractivity contribution is 5.77. The zero-order chi connectivity index (χ0) is 11.5. The Kier molecular flexibility index (Phi) is 3.85. The van der Waals surface area contributed by atoms with E-state index < -0.39 is 0 Å². The highest BCUT2D eigenvalue weighted by Crippen LogP contribution is 2.34. The fourth-order valence-corrected chi connectivity index (χ4v) is 2.24. The minimum atomic E-state index is 0.121. The predicted molar refractivity (Wildman–Crippen MR) is 65.0 cm³/mol. The molecule has 2 fully saturated rings. The Bertz CT molecular complexity index is 246. The van der Waals surface area contributed by atoms with Crippen LogP contribution in [0.5, 0.6) is 0 Å². The van der Waals surface area contributed by atoms with Gasteiger partial charge >= 0.3 is 0 Å². The van der Waals surface area contributed by atoms with Gasteiger partial charge in [-0.15, -0.1) is 0 Å². The molecule has 0 heterocycles. The molecule has 0 spiro atoms. The molecule has 2 rings (SSSR count). The topological polar surface area (TPSA) is 46.3 Å². The number of hydrogen-bond donors (Lipinski definition) is 1. The summed E-state index contributed by atoms with van der Waals surface area (Å²) in [6.45, 7) is 3.11. The van der Waals surface area contributed by atoms with Crippen molar-refractivity contribution in [3.05, 3.63) is 0 Å². The molecule has 0 aromatic rings. The summed E-state index contributed by atoms with van der Waals surface area (Å²) in [4.78, 5) is 14.2. The van der Waals surface area contributed by atoms with Crippen molar-refractivity contribution in [2.24, 2.45) is 11.7 Å². The minimum Gasteiger partial charge on any atom is -0.340 e. The second-order valence-corrected chi connectivity index (χ2v) is 5.38. The first kappa shape index (κ1) is 11.9. The third-order valence-corrected chi connectivity index (χ3v) is 3.70. The SMILES string of the molecule is CCCCN(C(=O)CC(N)C1CC1)C1CC1. The summed E-state index contributed by atoms with van der Waals surface area (Å²) in [6.07, 6.45) is 7.72. The Labute approximate surface area is 98.4 Å². The number of amides is 1. The van der Waals surface area contributed by atoms with Crippen LogP contribution in [0.15, 0.2) is 0 Å². The van der Waals surface area contributed by atoms with E-state index in [1.54, 1.807) is 0 Å². The molecule has 2 aliphatic carbocycles. The van der Waals surface area contributed by atoms with Crippen LogP contribution in [-0.4, -0.2) is 29.4 Å². The average Bonchev–Trinajstić information content (AvgIpc) is 3.11. The Balaban J connectivity index is 1.78. The molecular weight excluding hydrogens is 200 g/mol. The maximum absolute atomic E-state index is 12.1. The van der Waals surface area contributed by atoms with Crippen LogP contribution in [0.4, 0.5) is 0 Å². The maximum atomic E-state index is 12.1. The van der Waals surface area contributed by atoms with Gasteiger partial charge < -0.3 is 10.6 Å². The van der Waals surface area contributed by atoms with Crippen molar-refractivity contribution < 1.29 is 4.79 Å². The number of rotatable bonds is 7. The van der Waals surface area contributed by atoms with E-state index in [-0.39, 0.29) is 6.04 Å². The van der Waals surface area contributed by atoms with Crippen LogP contribution in [-0.2, 0) is 4.79 Å². The number of nitrogens with two attached hydrogens (primary N) is 1. The van der Waals surface area contributed by atoms with Gasteiger partial charge in [-0.1, -0.05) is 13.3 Å². The fraction of sp³-hybridized carbons (Fsp3) is 0.923. The van der Waals surface area contributed by atoms with Gasteiger partial charge in [0, 0.05) is 25.0 Å². The molecule has 2 N–H and O–H groups in total. The van der Waals surface area contributed by atoms with E-state index in [0.29, 0.717) is 24.3 Å². The summed E-state index contributed by atoms with van der Waals surface area (Å²) in [6, 6.07) is 0.667. The summed E-state index contributed by atoms with van der Waals surface area (Å²) >= 11 is 0. The summed E-state index contributed by atoms with van der Waals surface area (Å²) in [5.41, 5.74) is 6.02. The highest BCUT2D eigenvalue weighted by atomic mass is 16.2. The molecule has 3 heteroatoms. The lowest BCUT2D eigenvalue weighted by Gasteiger charge is -2.24. The summed E-state index contributed by atoms with van der Waals surface area (Å²) in [5, 5.41) is 0. The van der Waals surface area contributed by atoms with E-state index in [2.05, 4.69) is 11.8 Å². The Morgan fingerprint density at radius 1 is 1.38 bits per heavy atom. The van der Waals surface area contributed by atoms with E-state index in [4.69, 9.17) is 5.73 Å². The fourth-order valence-electron chi connectivity index (χ4n) is 2.24. The van der Waals surface area contributed by atoms with Gasteiger partial charge in [0.2, 0.25) is 5.91 Å². The Morgan fingerprint density at radius 2 is 2.06 bits per heavy atom. The van der Waals surface area contributed by atoms with E-state index in [1.165, 1.54) is 25.7 Å².